The van der Waals surface area contributed by atoms with E-state index >= 15 is 0 Å². The third-order valence-electron chi connectivity index (χ3n) is 5.40. The molecule has 27 heavy (non-hydrogen) atoms. The van der Waals surface area contributed by atoms with Crippen molar-refractivity contribution in [3.05, 3.63) is 18.0 Å². The number of H-pyrrole nitrogens is 1. The van der Waals surface area contributed by atoms with Crippen LogP contribution in [0.1, 0.15) is 42.6 Å². The largest absolute Gasteiger partial charge is 0.480 e. The number of aromatic nitrogens is 1. The second-order valence-corrected chi connectivity index (χ2v) is 8.82. The Morgan fingerprint density at radius 2 is 2.11 bits per heavy atom. The highest BCUT2D eigenvalue weighted by Crippen LogP contribution is 2.40. The minimum Gasteiger partial charge on any atom is -0.480 e. The molecule has 3 rings (SSSR count). The Bertz CT molecular complexity index is 805. The van der Waals surface area contributed by atoms with Gasteiger partial charge in [-0.3, -0.25) is 4.79 Å². The van der Waals surface area contributed by atoms with Crippen LogP contribution in [0.15, 0.2) is 17.2 Å². The molecule has 1 saturated heterocycles. The van der Waals surface area contributed by atoms with E-state index < -0.39 is 27.9 Å². The lowest BCUT2D eigenvalue weighted by molar-refractivity contribution is -0.141. The Morgan fingerprint density at radius 3 is 2.81 bits per heavy atom. The number of amides is 1. The molecule has 10 heteroatoms. The van der Waals surface area contributed by atoms with E-state index in [4.69, 9.17) is 4.74 Å². The molecule has 1 aromatic heterocycles. The van der Waals surface area contributed by atoms with Crippen LogP contribution >= 0.6 is 0 Å². The lowest BCUT2D eigenvalue weighted by Crippen LogP contribution is -2.46. The van der Waals surface area contributed by atoms with E-state index in [1.54, 1.807) is 0 Å². The molecule has 1 amide bonds. The molecule has 150 valence electrons. The van der Waals surface area contributed by atoms with Crippen LogP contribution in [-0.2, 0) is 19.6 Å². The van der Waals surface area contributed by atoms with E-state index in [0.29, 0.717) is 6.42 Å². The summed E-state index contributed by atoms with van der Waals surface area (Å²) in [7, 11) is -2.30. The lowest BCUT2D eigenvalue weighted by atomic mass is 9.84. The van der Waals surface area contributed by atoms with Gasteiger partial charge >= 0.3 is 5.97 Å². The van der Waals surface area contributed by atoms with Gasteiger partial charge in [-0.15, -0.1) is 0 Å². The molecule has 0 bridgehead atoms. The van der Waals surface area contributed by atoms with Gasteiger partial charge in [0.1, 0.15) is 16.6 Å². The fraction of sp³-hybridized carbons (Fsp3) is 0.647. The van der Waals surface area contributed by atoms with E-state index in [-0.39, 0.29) is 35.7 Å². The fourth-order valence-corrected chi connectivity index (χ4v) is 5.13. The summed E-state index contributed by atoms with van der Waals surface area (Å²) in [4.78, 5) is 28.8. The maximum Gasteiger partial charge on any atom is 0.326 e. The van der Waals surface area contributed by atoms with E-state index in [9.17, 15) is 23.1 Å². The standard InChI is InChI=1S/C17H25N3O6S/c1-26-7-6-19-27(24,25)12-9-13(18-10-12)16(21)20-14-5-3-2-4-11(14)8-15(20)17(22)23/h9-11,14-15,18-19H,2-8H2,1H3,(H,22,23). The molecule has 1 saturated carbocycles. The second kappa shape index (κ2) is 7.99. The molecule has 0 spiro atoms. The van der Waals surface area contributed by atoms with E-state index in [0.717, 1.165) is 25.7 Å². The van der Waals surface area contributed by atoms with Crippen molar-refractivity contribution in [2.24, 2.45) is 5.92 Å². The molecule has 2 aliphatic rings. The van der Waals surface area contributed by atoms with Crippen molar-refractivity contribution in [1.82, 2.24) is 14.6 Å². The number of sulfonamides is 1. The number of nitrogens with one attached hydrogen (secondary N) is 2. The van der Waals surface area contributed by atoms with Gasteiger partial charge in [-0.1, -0.05) is 12.8 Å². The highest BCUT2D eigenvalue weighted by Gasteiger charge is 2.48. The minimum atomic E-state index is -3.77. The van der Waals surface area contributed by atoms with Crippen LogP contribution in [0.5, 0.6) is 0 Å². The number of nitrogens with zero attached hydrogens (tertiary/aromatic N) is 1. The number of hydrogen-bond donors (Lipinski definition) is 3. The Kier molecular flexibility index (Phi) is 5.87. The average molecular weight is 399 g/mol. The van der Waals surface area contributed by atoms with Crippen molar-refractivity contribution in [3.63, 3.8) is 0 Å². The van der Waals surface area contributed by atoms with Gasteiger partial charge in [-0.05, 0) is 31.2 Å². The van der Waals surface area contributed by atoms with Gasteiger partial charge in [0.15, 0.2) is 0 Å². The van der Waals surface area contributed by atoms with Crippen LogP contribution in [0, 0.1) is 5.92 Å². The Balaban J connectivity index is 1.81. The zero-order chi connectivity index (χ0) is 19.6. The number of carbonyl (C=O) groups is 2. The third-order valence-corrected chi connectivity index (χ3v) is 6.84. The maximum atomic E-state index is 13.0. The summed E-state index contributed by atoms with van der Waals surface area (Å²) in [5.74, 6) is -1.29. The number of carboxylic acids is 1. The summed E-state index contributed by atoms with van der Waals surface area (Å²) < 4.78 is 31.7. The van der Waals surface area contributed by atoms with Crippen molar-refractivity contribution in [3.8, 4) is 0 Å². The number of fused-ring (bicyclic) bond motifs is 1. The van der Waals surface area contributed by atoms with Crippen LogP contribution in [-0.4, -0.2) is 67.6 Å². The molecule has 2 fully saturated rings. The van der Waals surface area contributed by atoms with E-state index in [1.807, 2.05) is 0 Å². The Hall–Kier alpha value is -1.91. The zero-order valence-corrected chi connectivity index (χ0v) is 16.0. The predicted molar refractivity (Wildman–Crippen MR) is 95.8 cm³/mol. The smallest absolute Gasteiger partial charge is 0.326 e. The van der Waals surface area contributed by atoms with Crippen molar-refractivity contribution in [2.45, 2.75) is 49.1 Å². The quantitative estimate of drug-likeness (QED) is 0.582. The van der Waals surface area contributed by atoms with Crippen molar-refractivity contribution in [1.29, 1.82) is 0 Å². The first-order chi connectivity index (χ1) is 12.8. The SMILES string of the molecule is COCCNS(=O)(=O)c1c[nH]c(C(=O)N2C(C(=O)O)CC3CCCCC32)c1. The molecular weight excluding hydrogens is 374 g/mol. The average Bonchev–Trinajstić information content (AvgIpc) is 3.27. The maximum absolute atomic E-state index is 13.0. The number of ether oxygens (including phenoxy) is 1. The van der Waals surface area contributed by atoms with Gasteiger partial charge in [0.25, 0.3) is 5.91 Å². The summed E-state index contributed by atoms with van der Waals surface area (Å²) in [5.41, 5.74) is 0.0830. The molecule has 3 atom stereocenters. The summed E-state index contributed by atoms with van der Waals surface area (Å²) >= 11 is 0. The van der Waals surface area contributed by atoms with Gasteiger partial charge in [0, 0.05) is 25.9 Å². The van der Waals surface area contributed by atoms with Crippen molar-refractivity contribution in [2.75, 3.05) is 20.3 Å². The number of carboxylic acid groups (broad SMARTS) is 1. The van der Waals surface area contributed by atoms with Crippen LogP contribution < -0.4 is 4.72 Å². The third kappa shape index (κ3) is 4.02. The molecule has 3 unspecified atom stereocenters. The number of methoxy groups -OCH3 is 1. The van der Waals surface area contributed by atoms with E-state index in [2.05, 4.69) is 9.71 Å². The number of aromatic amines is 1. The van der Waals surface area contributed by atoms with Crippen molar-refractivity contribution >= 4 is 21.9 Å². The molecule has 2 heterocycles. The fourth-order valence-electron chi connectivity index (χ4n) is 4.13. The molecule has 1 aliphatic carbocycles. The van der Waals surface area contributed by atoms with Crippen LogP contribution in [0.4, 0.5) is 0 Å². The second-order valence-electron chi connectivity index (χ2n) is 7.05. The Morgan fingerprint density at radius 1 is 1.37 bits per heavy atom. The molecule has 3 N–H and O–H groups in total. The monoisotopic (exact) mass is 399 g/mol. The molecule has 1 aliphatic heterocycles. The van der Waals surface area contributed by atoms with E-state index in [1.165, 1.54) is 24.3 Å². The number of carbonyl (C=O) groups excluding carboxylic acids is 1. The summed E-state index contributed by atoms with van der Waals surface area (Å²) in [6.45, 7) is 0.344. The number of hydrogen-bond acceptors (Lipinski definition) is 5. The van der Waals surface area contributed by atoms with Crippen LogP contribution in [0.25, 0.3) is 0 Å². The molecule has 1 aromatic rings. The first-order valence-electron chi connectivity index (χ1n) is 9.07. The molecule has 0 radical (unpaired) electrons. The highest BCUT2D eigenvalue weighted by atomic mass is 32.2. The van der Waals surface area contributed by atoms with Gasteiger partial charge in [0.2, 0.25) is 10.0 Å². The number of aliphatic carboxylic acids is 1. The minimum absolute atomic E-state index is 0.0618. The lowest BCUT2D eigenvalue weighted by Gasteiger charge is -2.32. The predicted octanol–water partition coefficient (Wildman–Crippen LogP) is 0.797. The zero-order valence-electron chi connectivity index (χ0n) is 15.2. The summed E-state index contributed by atoms with van der Waals surface area (Å²) in [5, 5.41) is 9.56. The molecule has 9 nitrogen and oxygen atoms in total. The molecular formula is C17H25N3O6S. The van der Waals surface area contributed by atoms with Gasteiger partial charge in [0.05, 0.1) is 6.61 Å². The molecule has 0 aromatic carbocycles. The van der Waals surface area contributed by atoms with Gasteiger partial charge < -0.3 is 19.7 Å². The summed E-state index contributed by atoms with van der Waals surface area (Å²) in [6.07, 6.45) is 5.41. The number of rotatable bonds is 7. The van der Waals surface area contributed by atoms with Crippen LogP contribution in [0.3, 0.4) is 0 Å². The Labute approximate surface area is 158 Å². The highest BCUT2D eigenvalue weighted by molar-refractivity contribution is 7.89. The van der Waals surface area contributed by atoms with Gasteiger partial charge in [-0.2, -0.15) is 0 Å². The first-order valence-corrected chi connectivity index (χ1v) is 10.6. The van der Waals surface area contributed by atoms with Gasteiger partial charge in [-0.25, -0.2) is 17.9 Å². The van der Waals surface area contributed by atoms with Crippen LogP contribution in [0.2, 0.25) is 0 Å². The first kappa shape index (κ1) is 19.8. The number of likely N-dealkylation sites (tertiary alicyclic amines) is 1. The van der Waals surface area contributed by atoms with Crippen molar-refractivity contribution < 1.29 is 27.9 Å². The normalized spacial score (nSPS) is 25.4. The summed E-state index contributed by atoms with van der Waals surface area (Å²) in [6, 6.07) is 0.288. The topological polar surface area (TPSA) is 129 Å².